The van der Waals surface area contributed by atoms with Gasteiger partial charge in [0.25, 0.3) is 0 Å². The van der Waals surface area contributed by atoms with Crippen molar-refractivity contribution in [3.8, 4) is 0 Å². The maximum atomic E-state index is 3.62. The molecule has 1 aliphatic heterocycles. The molecule has 3 heteroatoms. The molecule has 0 spiro atoms. The summed E-state index contributed by atoms with van der Waals surface area (Å²) in [6.07, 6.45) is 2.46. The van der Waals surface area contributed by atoms with Gasteiger partial charge in [0, 0.05) is 29.6 Å². The highest BCUT2D eigenvalue weighted by molar-refractivity contribution is 9.10. The second-order valence-electron chi connectivity index (χ2n) is 5.18. The molecule has 1 aromatic carbocycles. The van der Waals surface area contributed by atoms with Gasteiger partial charge >= 0.3 is 0 Å². The molecule has 1 aliphatic rings. The Labute approximate surface area is 113 Å². The van der Waals surface area contributed by atoms with Gasteiger partial charge in [-0.15, -0.1) is 0 Å². The fourth-order valence-electron chi connectivity index (χ4n) is 2.32. The SMILES string of the molecule is CNC1(C)CCN(Cc2ccccc2Br)CC1. The molecular weight excluding hydrogens is 276 g/mol. The van der Waals surface area contributed by atoms with Crippen molar-refractivity contribution in [1.29, 1.82) is 0 Å². The number of benzene rings is 1. The van der Waals surface area contributed by atoms with Gasteiger partial charge in [0.15, 0.2) is 0 Å². The first-order valence-electron chi connectivity index (χ1n) is 6.28. The van der Waals surface area contributed by atoms with Gasteiger partial charge in [-0.2, -0.15) is 0 Å². The molecule has 0 bridgehead atoms. The van der Waals surface area contributed by atoms with E-state index in [-0.39, 0.29) is 0 Å². The summed E-state index contributed by atoms with van der Waals surface area (Å²) in [6.45, 7) is 5.74. The third-order valence-corrected chi connectivity index (χ3v) is 4.69. The van der Waals surface area contributed by atoms with Crippen LogP contribution in [-0.2, 0) is 6.54 Å². The van der Waals surface area contributed by atoms with Crippen molar-refractivity contribution in [1.82, 2.24) is 10.2 Å². The van der Waals surface area contributed by atoms with Crippen molar-refractivity contribution >= 4 is 15.9 Å². The Hall–Kier alpha value is -0.380. The zero-order chi connectivity index (χ0) is 12.3. The van der Waals surface area contributed by atoms with E-state index in [1.54, 1.807) is 0 Å². The van der Waals surface area contributed by atoms with Gasteiger partial charge in [0.05, 0.1) is 0 Å². The Morgan fingerprint density at radius 2 is 1.94 bits per heavy atom. The molecule has 2 nitrogen and oxygen atoms in total. The summed E-state index contributed by atoms with van der Waals surface area (Å²) in [4.78, 5) is 2.54. The summed E-state index contributed by atoms with van der Waals surface area (Å²) in [5.74, 6) is 0. The molecule has 0 amide bonds. The van der Waals surface area contributed by atoms with E-state index in [0.717, 1.165) is 6.54 Å². The average Bonchev–Trinajstić information content (AvgIpc) is 2.35. The number of rotatable bonds is 3. The van der Waals surface area contributed by atoms with E-state index in [4.69, 9.17) is 0 Å². The van der Waals surface area contributed by atoms with E-state index in [2.05, 4.69) is 64.4 Å². The third kappa shape index (κ3) is 3.30. The molecule has 1 saturated heterocycles. The average molecular weight is 297 g/mol. The lowest BCUT2D eigenvalue weighted by atomic mass is 9.90. The number of nitrogens with zero attached hydrogens (tertiary/aromatic N) is 1. The van der Waals surface area contributed by atoms with Crippen molar-refractivity contribution in [2.45, 2.75) is 31.8 Å². The van der Waals surface area contributed by atoms with E-state index in [9.17, 15) is 0 Å². The molecule has 0 radical (unpaired) electrons. The Balaban J connectivity index is 1.93. The van der Waals surface area contributed by atoms with Crippen molar-refractivity contribution in [3.63, 3.8) is 0 Å². The standard InChI is InChI=1S/C14H21BrN2/c1-14(16-2)7-9-17(10-8-14)11-12-5-3-4-6-13(12)15/h3-6,16H,7-11H2,1-2H3. The van der Waals surface area contributed by atoms with Crippen LogP contribution in [0, 0.1) is 0 Å². The van der Waals surface area contributed by atoms with E-state index in [0.29, 0.717) is 5.54 Å². The summed E-state index contributed by atoms with van der Waals surface area (Å²) in [7, 11) is 2.07. The summed E-state index contributed by atoms with van der Waals surface area (Å²) in [5.41, 5.74) is 1.73. The van der Waals surface area contributed by atoms with Gasteiger partial charge < -0.3 is 5.32 Å². The molecule has 17 heavy (non-hydrogen) atoms. The first kappa shape index (κ1) is 13.1. The zero-order valence-electron chi connectivity index (χ0n) is 10.7. The predicted octanol–water partition coefficient (Wildman–Crippen LogP) is 3.02. The van der Waals surface area contributed by atoms with Gasteiger partial charge in [0.1, 0.15) is 0 Å². The topological polar surface area (TPSA) is 15.3 Å². The number of nitrogens with one attached hydrogen (secondary N) is 1. The highest BCUT2D eigenvalue weighted by Gasteiger charge is 2.28. The van der Waals surface area contributed by atoms with Crippen LogP contribution in [0.3, 0.4) is 0 Å². The Kier molecular flexibility index (Phi) is 4.23. The van der Waals surface area contributed by atoms with E-state index in [1.165, 1.54) is 36.0 Å². The van der Waals surface area contributed by atoms with Crippen LogP contribution in [0.4, 0.5) is 0 Å². The molecule has 1 N–H and O–H groups in total. The van der Waals surface area contributed by atoms with Gasteiger partial charge in [-0.3, -0.25) is 4.90 Å². The van der Waals surface area contributed by atoms with Crippen LogP contribution in [0.2, 0.25) is 0 Å². The van der Waals surface area contributed by atoms with E-state index in [1.807, 2.05) is 0 Å². The summed E-state index contributed by atoms with van der Waals surface area (Å²) in [6, 6.07) is 8.51. The van der Waals surface area contributed by atoms with Crippen LogP contribution in [0.5, 0.6) is 0 Å². The maximum absolute atomic E-state index is 3.62. The quantitative estimate of drug-likeness (QED) is 0.922. The minimum absolute atomic E-state index is 0.338. The maximum Gasteiger partial charge on any atom is 0.0244 e. The van der Waals surface area contributed by atoms with Crippen LogP contribution in [-0.4, -0.2) is 30.6 Å². The highest BCUT2D eigenvalue weighted by atomic mass is 79.9. The predicted molar refractivity (Wildman–Crippen MR) is 76.1 cm³/mol. The Bertz CT molecular complexity index is 370. The Morgan fingerprint density at radius 1 is 1.29 bits per heavy atom. The normalized spacial score (nSPS) is 20.4. The minimum Gasteiger partial charge on any atom is -0.314 e. The van der Waals surface area contributed by atoms with Gasteiger partial charge in [-0.05, 0) is 38.4 Å². The smallest absolute Gasteiger partial charge is 0.0244 e. The fraction of sp³-hybridized carbons (Fsp3) is 0.571. The second-order valence-corrected chi connectivity index (χ2v) is 6.03. The van der Waals surface area contributed by atoms with Crippen molar-refractivity contribution < 1.29 is 0 Å². The lowest BCUT2D eigenvalue weighted by molar-refractivity contribution is 0.146. The zero-order valence-corrected chi connectivity index (χ0v) is 12.3. The van der Waals surface area contributed by atoms with Crippen LogP contribution < -0.4 is 5.32 Å². The minimum atomic E-state index is 0.338. The molecular formula is C14H21BrN2. The summed E-state index contributed by atoms with van der Waals surface area (Å²) in [5, 5.41) is 3.44. The number of halogens is 1. The molecule has 0 unspecified atom stereocenters. The molecule has 94 valence electrons. The van der Waals surface area contributed by atoms with Crippen LogP contribution in [0.1, 0.15) is 25.3 Å². The van der Waals surface area contributed by atoms with Crippen molar-refractivity contribution in [3.05, 3.63) is 34.3 Å². The molecule has 0 saturated carbocycles. The highest BCUT2D eigenvalue weighted by Crippen LogP contribution is 2.24. The van der Waals surface area contributed by atoms with Gasteiger partial charge in [-0.25, -0.2) is 0 Å². The number of piperidine rings is 1. The molecule has 1 fully saturated rings. The molecule has 1 heterocycles. The molecule has 0 aliphatic carbocycles. The number of hydrogen-bond donors (Lipinski definition) is 1. The van der Waals surface area contributed by atoms with Crippen LogP contribution >= 0.6 is 15.9 Å². The van der Waals surface area contributed by atoms with E-state index >= 15 is 0 Å². The van der Waals surface area contributed by atoms with Crippen molar-refractivity contribution in [2.24, 2.45) is 0 Å². The van der Waals surface area contributed by atoms with Crippen LogP contribution in [0.15, 0.2) is 28.7 Å². The lowest BCUT2D eigenvalue weighted by Gasteiger charge is -2.39. The van der Waals surface area contributed by atoms with E-state index < -0.39 is 0 Å². The second kappa shape index (κ2) is 5.51. The molecule has 0 atom stereocenters. The van der Waals surface area contributed by atoms with Gasteiger partial charge in [0.2, 0.25) is 0 Å². The summed E-state index contributed by atoms with van der Waals surface area (Å²) < 4.78 is 1.22. The first-order chi connectivity index (χ1) is 8.13. The molecule has 0 aromatic heterocycles. The first-order valence-corrected chi connectivity index (χ1v) is 7.07. The number of hydrogen-bond acceptors (Lipinski definition) is 2. The fourth-order valence-corrected chi connectivity index (χ4v) is 2.73. The molecule has 2 rings (SSSR count). The summed E-state index contributed by atoms with van der Waals surface area (Å²) >= 11 is 3.62. The van der Waals surface area contributed by atoms with Crippen molar-refractivity contribution in [2.75, 3.05) is 20.1 Å². The monoisotopic (exact) mass is 296 g/mol. The Morgan fingerprint density at radius 3 is 2.53 bits per heavy atom. The van der Waals surface area contributed by atoms with Gasteiger partial charge in [-0.1, -0.05) is 34.1 Å². The van der Waals surface area contributed by atoms with Crippen LogP contribution in [0.25, 0.3) is 0 Å². The third-order valence-electron chi connectivity index (χ3n) is 3.91. The molecule has 1 aromatic rings. The largest absolute Gasteiger partial charge is 0.314 e. The number of likely N-dealkylation sites (tertiary alicyclic amines) is 1. The lowest BCUT2D eigenvalue weighted by Crippen LogP contribution is -2.49.